The van der Waals surface area contributed by atoms with Gasteiger partial charge in [-0.25, -0.2) is 0 Å². The first-order chi connectivity index (χ1) is 8.47. The first-order valence-electron chi connectivity index (χ1n) is 5.25. The Labute approximate surface area is 103 Å². The van der Waals surface area contributed by atoms with Crippen LogP contribution in [0.1, 0.15) is 11.1 Å². The molecule has 0 saturated heterocycles. The third-order valence-electron chi connectivity index (χ3n) is 2.18. The number of rotatable bonds is 6. The molecule has 0 fully saturated rings. The molecule has 0 aliphatic heterocycles. The molecular formula is C12H13NO5. The van der Waals surface area contributed by atoms with Crippen molar-refractivity contribution in [1.29, 1.82) is 0 Å². The van der Waals surface area contributed by atoms with Crippen molar-refractivity contribution in [2.75, 3.05) is 6.54 Å². The Balaban J connectivity index is 2.50. The molecule has 3 N–H and O–H groups in total. The van der Waals surface area contributed by atoms with E-state index in [0.717, 1.165) is 0 Å². The van der Waals surface area contributed by atoms with E-state index in [0.29, 0.717) is 11.1 Å². The number of carboxylic acid groups (broad SMARTS) is 2. The Bertz CT molecular complexity index is 452. The lowest BCUT2D eigenvalue weighted by Crippen LogP contribution is -2.30. The Morgan fingerprint density at radius 3 is 1.83 bits per heavy atom. The monoisotopic (exact) mass is 251 g/mol. The van der Waals surface area contributed by atoms with Crippen LogP contribution < -0.4 is 5.32 Å². The molecule has 1 amide bonds. The van der Waals surface area contributed by atoms with Crippen molar-refractivity contribution in [2.45, 2.75) is 12.8 Å². The second-order valence-electron chi connectivity index (χ2n) is 3.73. The van der Waals surface area contributed by atoms with Crippen LogP contribution in [0.2, 0.25) is 0 Å². The summed E-state index contributed by atoms with van der Waals surface area (Å²) in [4.78, 5) is 32.0. The summed E-state index contributed by atoms with van der Waals surface area (Å²) >= 11 is 0. The highest BCUT2D eigenvalue weighted by Crippen LogP contribution is 2.06. The highest BCUT2D eigenvalue weighted by atomic mass is 16.4. The molecule has 0 bridgehead atoms. The Kier molecular flexibility index (Phi) is 4.86. The van der Waals surface area contributed by atoms with Gasteiger partial charge in [-0.2, -0.15) is 0 Å². The molecule has 96 valence electrons. The van der Waals surface area contributed by atoms with Gasteiger partial charge in [0.25, 0.3) is 0 Å². The maximum Gasteiger partial charge on any atom is 0.322 e. The lowest BCUT2D eigenvalue weighted by atomic mass is 10.1. The van der Waals surface area contributed by atoms with Crippen molar-refractivity contribution in [1.82, 2.24) is 5.32 Å². The highest BCUT2D eigenvalue weighted by molar-refractivity contribution is 5.82. The number of hydrogen-bond acceptors (Lipinski definition) is 3. The lowest BCUT2D eigenvalue weighted by Gasteiger charge is -2.03. The quantitative estimate of drug-likeness (QED) is 0.663. The van der Waals surface area contributed by atoms with Gasteiger partial charge in [0, 0.05) is 0 Å². The average molecular weight is 251 g/mol. The number of amides is 1. The summed E-state index contributed by atoms with van der Waals surface area (Å²) in [5.41, 5.74) is 1.35. The average Bonchev–Trinajstić information content (AvgIpc) is 2.28. The fourth-order valence-electron chi connectivity index (χ4n) is 1.37. The van der Waals surface area contributed by atoms with E-state index in [1.165, 1.54) is 0 Å². The summed E-state index contributed by atoms with van der Waals surface area (Å²) in [5.74, 6) is -2.40. The number of carboxylic acids is 2. The summed E-state index contributed by atoms with van der Waals surface area (Å²) in [5, 5.41) is 19.2. The summed E-state index contributed by atoms with van der Waals surface area (Å²) in [6, 6.07) is 6.57. The number of carbonyl (C=O) groups is 3. The van der Waals surface area contributed by atoms with E-state index in [9.17, 15) is 14.4 Å². The molecule has 6 heteroatoms. The number of carbonyl (C=O) groups excluding carboxylic acids is 1. The minimum Gasteiger partial charge on any atom is -0.481 e. The van der Waals surface area contributed by atoms with Gasteiger partial charge in [-0.15, -0.1) is 0 Å². The van der Waals surface area contributed by atoms with Crippen molar-refractivity contribution in [3.05, 3.63) is 35.4 Å². The zero-order valence-corrected chi connectivity index (χ0v) is 9.55. The van der Waals surface area contributed by atoms with E-state index in [-0.39, 0.29) is 18.7 Å². The topological polar surface area (TPSA) is 104 Å². The van der Waals surface area contributed by atoms with Crippen molar-refractivity contribution >= 4 is 17.8 Å². The van der Waals surface area contributed by atoms with Crippen LogP contribution in [0.4, 0.5) is 0 Å². The van der Waals surface area contributed by atoms with Gasteiger partial charge in [0.1, 0.15) is 6.54 Å². The predicted octanol–water partition coefficient (Wildman–Crippen LogP) is 0.0570. The zero-order chi connectivity index (χ0) is 13.5. The highest BCUT2D eigenvalue weighted by Gasteiger charge is 2.06. The Morgan fingerprint density at radius 2 is 1.39 bits per heavy atom. The first-order valence-corrected chi connectivity index (χ1v) is 5.25. The minimum absolute atomic E-state index is 0.0640. The van der Waals surface area contributed by atoms with Gasteiger partial charge in [0.15, 0.2) is 0 Å². The van der Waals surface area contributed by atoms with Crippen LogP contribution in [0.3, 0.4) is 0 Å². The largest absolute Gasteiger partial charge is 0.481 e. The number of benzene rings is 1. The third kappa shape index (κ3) is 5.11. The third-order valence-corrected chi connectivity index (χ3v) is 2.18. The maximum absolute atomic E-state index is 11.3. The molecule has 1 aromatic carbocycles. The van der Waals surface area contributed by atoms with Crippen molar-refractivity contribution in [3.63, 3.8) is 0 Å². The molecule has 0 radical (unpaired) electrons. The van der Waals surface area contributed by atoms with E-state index in [1.54, 1.807) is 24.3 Å². The maximum atomic E-state index is 11.3. The van der Waals surface area contributed by atoms with Crippen LogP contribution in [0.5, 0.6) is 0 Å². The Morgan fingerprint density at radius 1 is 0.889 bits per heavy atom. The molecule has 0 aromatic heterocycles. The molecule has 0 atom stereocenters. The molecule has 0 unspecified atom stereocenters. The lowest BCUT2D eigenvalue weighted by molar-refractivity contribution is -0.138. The molecule has 0 aliphatic rings. The van der Waals surface area contributed by atoms with Crippen LogP contribution >= 0.6 is 0 Å². The van der Waals surface area contributed by atoms with E-state index in [4.69, 9.17) is 10.2 Å². The fraction of sp³-hybridized carbons (Fsp3) is 0.250. The summed E-state index contributed by atoms with van der Waals surface area (Å²) < 4.78 is 0. The van der Waals surface area contributed by atoms with E-state index >= 15 is 0 Å². The van der Waals surface area contributed by atoms with Crippen molar-refractivity contribution in [3.8, 4) is 0 Å². The van der Waals surface area contributed by atoms with E-state index in [1.807, 2.05) is 0 Å². The standard InChI is InChI=1S/C12H13NO5/c14-10(13-7-12(17)18)5-8-1-3-9(4-2-8)6-11(15)16/h1-4H,5-7H2,(H,13,14)(H,15,16)(H,17,18). The smallest absolute Gasteiger partial charge is 0.322 e. The normalized spacial score (nSPS) is 9.78. The van der Waals surface area contributed by atoms with Gasteiger partial charge in [-0.3, -0.25) is 14.4 Å². The van der Waals surface area contributed by atoms with Gasteiger partial charge in [-0.05, 0) is 11.1 Å². The molecule has 6 nitrogen and oxygen atoms in total. The molecule has 0 aliphatic carbocycles. The van der Waals surface area contributed by atoms with Crippen LogP contribution in [0.25, 0.3) is 0 Å². The van der Waals surface area contributed by atoms with Crippen molar-refractivity contribution < 1.29 is 24.6 Å². The molecule has 1 aromatic rings. The zero-order valence-electron chi connectivity index (χ0n) is 9.55. The molecule has 0 heterocycles. The van der Waals surface area contributed by atoms with Crippen LogP contribution in [-0.2, 0) is 27.2 Å². The van der Waals surface area contributed by atoms with Gasteiger partial charge in [-0.1, -0.05) is 24.3 Å². The number of aliphatic carboxylic acids is 2. The number of hydrogen-bond donors (Lipinski definition) is 3. The van der Waals surface area contributed by atoms with E-state index in [2.05, 4.69) is 5.32 Å². The molecule has 1 rings (SSSR count). The molecule has 0 saturated carbocycles. The molecular weight excluding hydrogens is 238 g/mol. The van der Waals surface area contributed by atoms with Crippen LogP contribution in [0.15, 0.2) is 24.3 Å². The molecule has 18 heavy (non-hydrogen) atoms. The first kappa shape index (κ1) is 13.7. The second-order valence-corrected chi connectivity index (χ2v) is 3.73. The number of nitrogens with one attached hydrogen (secondary N) is 1. The summed E-state index contributed by atoms with van der Waals surface area (Å²) in [6.07, 6.45) is 0.00607. The van der Waals surface area contributed by atoms with Gasteiger partial charge in [0.2, 0.25) is 5.91 Å². The fourth-order valence-corrected chi connectivity index (χ4v) is 1.37. The van der Waals surface area contributed by atoms with Gasteiger partial charge < -0.3 is 15.5 Å². The van der Waals surface area contributed by atoms with Crippen molar-refractivity contribution in [2.24, 2.45) is 0 Å². The summed E-state index contributed by atoms with van der Waals surface area (Å²) in [6.45, 7) is -0.407. The summed E-state index contributed by atoms with van der Waals surface area (Å²) in [7, 11) is 0. The second kappa shape index (κ2) is 6.39. The Hall–Kier alpha value is -2.37. The minimum atomic E-state index is -1.10. The van der Waals surface area contributed by atoms with Crippen LogP contribution in [0, 0.1) is 0 Å². The van der Waals surface area contributed by atoms with Crippen LogP contribution in [-0.4, -0.2) is 34.6 Å². The van der Waals surface area contributed by atoms with E-state index < -0.39 is 18.5 Å². The van der Waals surface area contributed by atoms with Gasteiger partial charge in [0.05, 0.1) is 12.8 Å². The predicted molar refractivity (Wildman–Crippen MR) is 62.1 cm³/mol. The molecule has 0 spiro atoms. The van der Waals surface area contributed by atoms with Gasteiger partial charge >= 0.3 is 11.9 Å². The SMILES string of the molecule is O=C(O)CNC(=O)Cc1ccc(CC(=O)O)cc1.